The second kappa shape index (κ2) is 8.95. The Kier molecular flexibility index (Phi) is 5.83. The van der Waals surface area contributed by atoms with Gasteiger partial charge in [0.15, 0.2) is 0 Å². The number of carbonyl (C=O) groups is 1. The first kappa shape index (κ1) is 22.2. The van der Waals surface area contributed by atoms with Gasteiger partial charge in [0.2, 0.25) is 0 Å². The summed E-state index contributed by atoms with van der Waals surface area (Å²) in [6.45, 7) is 3.63. The zero-order valence-electron chi connectivity index (χ0n) is 19.0. The maximum Gasteiger partial charge on any atom is 0.271 e. The van der Waals surface area contributed by atoms with Gasteiger partial charge in [-0.3, -0.25) is 4.79 Å². The van der Waals surface area contributed by atoms with Crippen LogP contribution in [0.5, 0.6) is 5.75 Å². The molecule has 0 atom stereocenters. The average Bonchev–Trinajstić information content (AvgIpc) is 3.33. The van der Waals surface area contributed by atoms with Crippen molar-refractivity contribution in [3.8, 4) is 16.9 Å². The van der Waals surface area contributed by atoms with E-state index in [1.54, 1.807) is 36.2 Å². The highest BCUT2D eigenvalue weighted by Crippen LogP contribution is 2.31. The number of hydrogen-bond donors (Lipinski definition) is 1. The number of methoxy groups -OCH3 is 1. The minimum Gasteiger partial charge on any atom is -0.495 e. The number of amides is 1. The molecular weight excluding hydrogens is 452 g/mol. The summed E-state index contributed by atoms with van der Waals surface area (Å²) in [5.41, 5.74) is 2.93. The summed E-state index contributed by atoms with van der Waals surface area (Å²) in [5.74, 6) is 1.41. The van der Waals surface area contributed by atoms with Gasteiger partial charge in [0.25, 0.3) is 5.91 Å². The first-order chi connectivity index (χ1) is 16.5. The van der Waals surface area contributed by atoms with Crippen molar-refractivity contribution in [1.82, 2.24) is 24.9 Å². The third-order valence-corrected chi connectivity index (χ3v) is 6.66. The molecule has 0 spiro atoms. The van der Waals surface area contributed by atoms with Crippen LogP contribution in [-0.2, 0) is 0 Å². The number of rotatable bonds is 5. The Morgan fingerprint density at radius 3 is 2.68 bits per heavy atom. The van der Waals surface area contributed by atoms with Crippen LogP contribution >= 0.6 is 11.6 Å². The van der Waals surface area contributed by atoms with Gasteiger partial charge in [0.05, 0.1) is 30.0 Å². The number of halogens is 1. The Labute approximate surface area is 202 Å². The van der Waals surface area contributed by atoms with Gasteiger partial charge in [0, 0.05) is 42.1 Å². The zero-order valence-corrected chi connectivity index (χ0v) is 19.8. The molecule has 8 nitrogen and oxygen atoms in total. The van der Waals surface area contributed by atoms with Crippen molar-refractivity contribution in [3.05, 3.63) is 71.9 Å². The highest BCUT2D eigenvalue weighted by atomic mass is 35.5. The van der Waals surface area contributed by atoms with E-state index in [4.69, 9.17) is 21.3 Å². The molecule has 0 aliphatic carbocycles. The molecule has 1 aliphatic heterocycles. The molecule has 5 heterocycles. The lowest BCUT2D eigenvalue weighted by Crippen LogP contribution is -2.53. The Balaban J connectivity index is 1.28. The molecule has 9 heteroatoms. The van der Waals surface area contributed by atoms with Gasteiger partial charge in [-0.05, 0) is 56.2 Å². The van der Waals surface area contributed by atoms with Gasteiger partial charge in [-0.25, -0.2) is 14.5 Å². The molecule has 0 aromatic carbocycles. The highest BCUT2D eigenvalue weighted by molar-refractivity contribution is 6.33. The number of anilines is 1. The van der Waals surface area contributed by atoms with Crippen LogP contribution in [0.3, 0.4) is 0 Å². The van der Waals surface area contributed by atoms with Gasteiger partial charge >= 0.3 is 0 Å². The van der Waals surface area contributed by atoms with Crippen molar-refractivity contribution < 1.29 is 9.53 Å². The second-order valence-corrected chi connectivity index (χ2v) is 9.10. The first-order valence-corrected chi connectivity index (χ1v) is 11.5. The highest BCUT2D eigenvalue weighted by Gasteiger charge is 2.33. The van der Waals surface area contributed by atoms with E-state index in [1.165, 1.54) is 0 Å². The van der Waals surface area contributed by atoms with Gasteiger partial charge in [-0.2, -0.15) is 5.10 Å². The van der Waals surface area contributed by atoms with Crippen LogP contribution in [0.4, 0.5) is 5.82 Å². The normalized spacial score (nSPS) is 15.3. The van der Waals surface area contributed by atoms with Crippen LogP contribution < -0.4 is 15.0 Å². The fourth-order valence-electron chi connectivity index (χ4n) is 4.32. The average molecular weight is 477 g/mol. The standard InChI is InChI=1S/C25H25ClN6O2/c1-25(30-24(33)23-20(26)4-3-10-27-23)8-12-31(13-9-25)22-6-5-17(15-28-22)19-14-18(34-2)16-32-21(19)7-11-29-32/h3-7,10-11,14-16H,8-9,12-13H2,1-2H3,(H,30,33). The third kappa shape index (κ3) is 4.28. The van der Waals surface area contributed by atoms with Gasteiger partial charge < -0.3 is 15.0 Å². The summed E-state index contributed by atoms with van der Waals surface area (Å²) >= 11 is 6.13. The smallest absolute Gasteiger partial charge is 0.271 e. The quantitative estimate of drug-likeness (QED) is 0.463. The SMILES string of the molecule is COc1cc(-c2ccc(N3CCC(C)(NC(=O)c4ncccc4Cl)CC3)nc2)c2ccnn2c1. The maximum absolute atomic E-state index is 12.7. The van der Waals surface area contributed by atoms with Crippen LogP contribution in [0.2, 0.25) is 5.02 Å². The van der Waals surface area contributed by atoms with Crippen molar-refractivity contribution >= 4 is 28.8 Å². The fraction of sp³-hybridized carbons (Fsp3) is 0.280. The lowest BCUT2D eigenvalue weighted by Gasteiger charge is -2.40. The van der Waals surface area contributed by atoms with Gasteiger partial charge in [0.1, 0.15) is 17.3 Å². The van der Waals surface area contributed by atoms with E-state index in [1.807, 2.05) is 30.6 Å². The summed E-state index contributed by atoms with van der Waals surface area (Å²) in [7, 11) is 1.65. The van der Waals surface area contributed by atoms with Crippen molar-refractivity contribution in [1.29, 1.82) is 0 Å². The second-order valence-electron chi connectivity index (χ2n) is 8.70. The van der Waals surface area contributed by atoms with E-state index in [0.717, 1.165) is 54.1 Å². The molecule has 0 bridgehead atoms. The molecule has 4 aromatic heterocycles. The lowest BCUT2D eigenvalue weighted by atomic mass is 9.89. The predicted molar refractivity (Wildman–Crippen MR) is 132 cm³/mol. The monoisotopic (exact) mass is 476 g/mol. The predicted octanol–water partition coefficient (Wildman–Crippen LogP) is 4.24. The Bertz CT molecular complexity index is 1330. The van der Waals surface area contributed by atoms with E-state index in [-0.39, 0.29) is 17.1 Å². The molecule has 34 heavy (non-hydrogen) atoms. The Morgan fingerprint density at radius 2 is 1.97 bits per heavy atom. The molecule has 1 saturated heterocycles. The van der Waals surface area contributed by atoms with E-state index in [0.29, 0.717) is 5.02 Å². The van der Waals surface area contributed by atoms with E-state index < -0.39 is 0 Å². The van der Waals surface area contributed by atoms with E-state index in [2.05, 4.69) is 33.3 Å². The third-order valence-electron chi connectivity index (χ3n) is 6.36. The molecule has 1 fully saturated rings. The molecule has 1 aliphatic rings. The number of pyridine rings is 3. The Hall–Kier alpha value is -3.65. The van der Waals surface area contributed by atoms with Crippen LogP contribution in [0.1, 0.15) is 30.3 Å². The molecule has 0 radical (unpaired) electrons. The largest absolute Gasteiger partial charge is 0.495 e. The van der Waals surface area contributed by atoms with E-state index in [9.17, 15) is 4.79 Å². The summed E-state index contributed by atoms with van der Waals surface area (Å²) in [4.78, 5) is 23.8. The molecule has 0 unspecified atom stereocenters. The van der Waals surface area contributed by atoms with Crippen LogP contribution in [0.25, 0.3) is 16.6 Å². The number of fused-ring (bicyclic) bond motifs is 1. The minimum atomic E-state index is -0.331. The van der Waals surface area contributed by atoms with Crippen molar-refractivity contribution in [2.45, 2.75) is 25.3 Å². The summed E-state index contributed by atoms with van der Waals surface area (Å²) < 4.78 is 7.23. The van der Waals surface area contributed by atoms with Gasteiger partial charge in [-0.1, -0.05) is 11.6 Å². The number of nitrogens with zero attached hydrogens (tertiary/aromatic N) is 5. The lowest BCUT2D eigenvalue weighted by molar-refractivity contribution is 0.0886. The first-order valence-electron chi connectivity index (χ1n) is 11.1. The molecule has 174 valence electrons. The topological polar surface area (TPSA) is 84.6 Å². The summed E-state index contributed by atoms with van der Waals surface area (Å²) in [5, 5.41) is 7.81. The van der Waals surface area contributed by atoms with E-state index >= 15 is 0 Å². The van der Waals surface area contributed by atoms with Crippen LogP contribution in [-0.4, -0.2) is 51.2 Å². The molecular formula is C25H25ClN6O2. The van der Waals surface area contributed by atoms with Crippen LogP contribution in [0, 0.1) is 0 Å². The van der Waals surface area contributed by atoms with Crippen LogP contribution in [0.15, 0.2) is 61.2 Å². The molecule has 1 N–H and O–H groups in total. The number of nitrogens with one attached hydrogen (secondary N) is 1. The number of hydrogen-bond acceptors (Lipinski definition) is 6. The molecule has 5 rings (SSSR count). The van der Waals surface area contributed by atoms with Crippen molar-refractivity contribution in [3.63, 3.8) is 0 Å². The molecule has 0 saturated carbocycles. The molecule has 1 amide bonds. The molecule has 4 aromatic rings. The maximum atomic E-state index is 12.7. The summed E-state index contributed by atoms with van der Waals surface area (Å²) in [6, 6.07) is 11.5. The summed E-state index contributed by atoms with van der Waals surface area (Å²) in [6.07, 6.45) is 8.66. The van der Waals surface area contributed by atoms with Gasteiger partial charge in [-0.15, -0.1) is 0 Å². The number of ether oxygens (including phenoxy) is 1. The Morgan fingerprint density at radius 1 is 1.15 bits per heavy atom. The van der Waals surface area contributed by atoms with Crippen molar-refractivity contribution in [2.75, 3.05) is 25.1 Å². The minimum absolute atomic E-state index is 0.242. The number of carbonyl (C=O) groups excluding carboxylic acids is 1. The fourth-order valence-corrected chi connectivity index (χ4v) is 4.53. The zero-order chi connectivity index (χ0) is 23.7. The number of piperidine rings is 1. The number of aromatic nitrogens is 4. The van der Waals surface area contributed by atoms with Crippen molar-refractivity contribution in [2.24, 2.45) is 0 Å².